The van der Waals surface area contributed by atoms with E-state index < -0.39 is 11.5 Å². The summed E-state index contributed by atoms with van der Waals surface area (Å²) in [7, 11) is 1.52. The average Bonchev–Trinajstić information content (AvgIpc) is 3.15. The number of benzene rings is 1. The second kappa shape index (κ2) is 10.7. The summed E-state index contributed by atoms with van der Waals surface area (Å²) in [6.45, 7) is 14.0. The first-order chi connectivity index (χ1) is 16.3. The topological polar surface area (TPSA) is 73.1 Å². The number of rotatable bonds is 4. The maximum atomic E-state index is 13.1. The number of aromatic nitrogens is 1. The number of amides is 2. The van der Waals surface area contributed by atoms with Gasteiger partial charge in [-0.3, -0.25) is 4.79 Å². The van der Waals surface area contributed by atoms with Crippen LogP contribution in [0.15, 0.2) is 29.4 Å². The molecular weight excluding hydrogens is 486 g/mol. The SMILES string of the molecule is COc1ccc(Cl)cc1C(=O)/N=c1\sc(C(C)(C)C)cn1C[C@@H]1CCCN(C(=O)OC(C)(C)C)C1. The van der Waals surface area contributed by atoms with Crippen molar-refractivity contribution >= 4 is 34.9 Å². The van der Waals surface area contributed by atoms with Gasteiger partial charge in [0.1, 0.15) is 11.4 Å². The van der Waals surface area contributed by atoms with Crippen LogP contribution in [0.25, 0.3) is 0 Å². The third kappa shape index (κ3) is 7.34. The largest absolute Gasteiger partial charge is 0.496 e. The molecule has 7 nitrogen and oxygen atoms in total. The van der Waals surface area contributed by atoms with Crippen LogP contribution in [0.3, 0.4) is 0 Å². The fourth-order valence-corrected chi connectivity index (χ4v) is 5.15. The van der Waals surface area contributed by atoms with Crippen molar-refractivity contribution < 1.29 is 19.1 Å². The van der Waals surface area contributed by atoms with E-state index in [9.17, 15) is 9.59 Å². The Bertz CT molecular complexity index is 1140. The number of nitrogens with zero attached hydrogens (tertiary/aromatic N) is 3. The Kier molecular flexibility index (Phi) is 8.37. The lowest BCUT2D eigenvalue weighted by Gasteiger charge is -2.34. The molecule has 35 heavy (non-hydrogen) atoms. The molecule has 0 N–H and O–H groups in total. The molecule has 1 aliphatic heterocycles. The highest BCUT2D eigenvalue weighted by molar-refractivity contribution is 7.09. The zero-order valence-corrected chi connectivity index (χ0v) is 23.3. The van der Waals surface area contributed by atoms with Gasteiger partial charge in [-0.05, 0) is 63.1 Å². The molecular formula is C26H36ClN3O4S. The molecule has 3 rings (SSSR count). The second-order valence-electron chi connectivity index (χ2n) is 11.0. The summed E-state index contributed by atoms with van der Waals surface area (Å²) in [5, 5.41) is 0.447. The van der Waals surface area contributed by atoms with Gasteiger partial charge in [0, 0.05) is 35.7 Å². The van der Waals surface area contributed by atoms with E-state index in [-0.39, 0.29) is 17.4 Å². The first-order valence-electron chi connectivity index (χ1n) is 11.9. The van der Waals surface area contributed by atoms with Gasteiger partial charge in [0.2, 0.25) is 0 Å². The summed E-state index contributed by atoms with van der Waals surface area (Å²) in [4.78, 5) is 33.8. The lowest BCUT2D eigenvalue weighted by molar-refractivity contribution is 0.0157. The van der Waals surface area contributed by atoms with Crippen LogP contribution >= 0.6 is 22.9 Å². The van der Waals surface area contributed by atoms with Crippen LogP contribution in [-0.4, -0.2) is 47.3 Å². The van der Waals surface area contributed by atoms with Gasteiger partial charge < -0.3 is 18.9 Å². The van der Waals surface area contributed by atoms with Gasteiger partial charge in [-0.25, -0.2) is 4.79 Å². The van der Waals surface area contributed by atoms with Crippen LogP contribution in [0.2, 0.25) is 5.02 Å². The molecule has 2 heterocycles. The molecule has 0 spiro atoms. The predicted octanol–water partition coefficient (Wildman–Crippen LogP) is 5.90. The van der Waals surface area contributed by atoms with Crippen LogP contribution in [0.5, 0.6) is 5.75 Å². The molecule has 0 radical (unpaired) electrons. The Morgan fingerprint density at radius 1 is 1.20 bits per heavy atom. The van der Waals surface area contributed by atoms with Gasteiger partial charge in [-0.2, -0.15) is 4.99 Å². The first kappa shape index (κ1) is 27.3. The Labute approximate surface area is 216 Å². The van der Waals surface area contributed by atoms with Gasteiger partial charge in [0.25, 0.3) is 5.91 Å². The molecule has 1 fully saturated rings. The van der Waals surface area contributed by atoms with Gasteiger partial charge in [0.05, 0.1) is 12.7 Å². The molecule has 0 bridgehead atoms. The fourth-order valence-electron chi connectivity index (χ4n) is 3.92. The Morgan fingerprint density at radius 3 is 2.54 bits per heavy atom. The summed E-state index contributed by atoms with van der Waals surface area (Å²) in [5.41, 5.74) is -0.292. The van der Waals surface area contributed by atoms with Gasteiger partial charge >= 0.3 is 6.09 Å². The molecule has 0 aliphatic carbocycles. The minimum atomic E-state index is -0.526. The molecule has 0 unspecified atom stereocenters. The molecule has 1 aromatic heterocycles. The molecule has 9 heteroatoms. The number of methoxy groups -OCH3 is 1. The maximum Gasteiger partial charge on any atom is 0.410 e. The Balaban J connectivity index is 1.90. The van der Waals surface area contributed by atoms with Crippen LogP contribution in [0.4, 0.5) is 4.79 Å². The van der Waals surface area contributed by atoms with E-state index in [0.29, 0.717) is 40.8 Å². The van der Waals surface area contributed by atoms with E-state index in [1.165, 1.54) is 18.4 Å². The third-order valence-electron chi connectivity index (χ3n) is 5.67. The molecule has 2 aromatic rings. The van der Waals surface area contributed by atoms with Crippen molar-refractivity contribution in [2.75, 3.05) is 20.2 Å². The molecule has 2 amide bonds. The maximum absolute atomic E-state index is 13.1. The minimum absolute atomic E-state index is 0.0912. The standard InChI is InChI=1S/C26H36ClN3O4S/c1-25(2,3)21-16-30(15-17-9-8-12-29(14-17)24(32)34-26(4,5)6)23(35-21)28-22(31)19-13-18(27)10-11-20(19)33-7/h10-11,13,16-17H,8-9,12,14-15H2,1-7H3/b28-23-/t17-/m1/s1. The van der Waals surface area contributed by atoms with E-state index in [2.05, 4.69) is 32.0 Å². The highest BCUT2D eigenvalue weighted by Crippen LogP contribution is 2.27. The van der Waals surface area contributed by atoms with Crippen molar-refractivity contribution in [3.63, 3.8) is 0 Å². The zero-order chi connectivity index (χ0) is 26.0. The Morgan fingerprint density at radius 2 is 1.91 bits per heavy atom. The molecule has 192 valence electrons. The monoisotopic (exact) mass is 521 g/mol. The highest BCUT2D eigenvalue weighted by atomic mass is 35.5. The van der Waals surface area contributed by atoms with Crippen molar-refractivity contribution in [3.05, 3.63) is 44.7 Å². The normalized spacial score (nSPS) is 17.4. The van der Waals surface area contributed by atoms with Crippen molar-refractivity contribution in [1.29, 1.82) is 0 Å². The number of ether oxygens (including phenoxy) is 2. The quantitative estimate of drug-likeness (QED) is 0.502. The summed E-state index contributed by atoms with van der Waals surface area (Å²) in [5.74, 6) is 0.260. The van der Waals surface area contributed by atoms with E-state index in [4.69, 9.17) is 21.1 Å². The molecule has 1 aromatic carbocycles. The smallest absolute Gasteiger partial charge is 0.410 e. The van der Waals surface area contributed by atoms with Crippen LogP contribution in [0.1, 0.15) is 69.6 Å². The lowest BCUT2D eigenvalue weighted by atomic mass is 9.95. The number of halogens is 1. The number of carbonyl (C=O) groups excluding carboxylic acids is 2. The van der Waals surface area contributed by atoms with Gasteiger partial charge in [-0.15, -0.1) is 11.3 Å². The molecule has 1 atom stereocenters. The van der Waals surface area contributed by atoms with E-state index in [1.807, 2.05) is 25.3 Å². The van der Waals surface area contributed by atoms with E-state index in [0.717, 1.165) is 17.7 Å². The lowest BCUT2D eigenvalue weighted by Crippen LogP contribution is -2.44. The van der Waals surface area contributed by atoms with E-state index in [1.54, 1.807) is 23.1 Å². The summed E-state index contributed by atoms with van der Waals surface area (Å²) >= 11 is 7.64. The number of carbonyl (C=O) groups is 2. The van der Waals surface area contributed by atoms with Crippen molar-refractivity contribution in [3.8, 4) is 5.75 Å². The summed E-state index contributed by atoms with van der Waals surface area (Å²) in [6, 6.07) is 4.93. The van der Waals surface area contributed by atoms with Crippen LogP contribution in [-0.2, 0) is 16.7 Å². The predicted molar refractivity (Wildman–Crippen MR) is 139 cm³/mol. The third-order valence-corrected chi connectivity index (χ3v) is 7.36. The zero-order valence-electron chi connectivity index (χ0n) is 21.7. The molecule has 1 saturated heterocycles. The number of likely N-dealkylation sites (tertiary alicyclic amines) is 1. The van der Waals surface area contributed by atoms with Crippen LogP contribution < -0.4 is 9.54 Å². The van der Waals surface area contributed by atoms with E-state index >= 15 is 0 Å². The summed E-state index contributed by atoms with van der Waals surface area (Å²) in [6.07, 6.45) is 3.70. The first-order valence-corrected chi connectivity index (χ1v) is 13.1. The Hall–Kier alpha value is -2.32. The van der Waals surface area contributed by atoms with Crippen molar-refractivity contribution in [2.24, 2.45) is 10.9 Å². The number of thiazole rings is 1. The minimum Gasteiger partial charge on any atom is -0.496 e. The van der Waals surface area contributed by atoms with Crippen molar-refractivity contribution in [1.82, 2.24) is 9.47 Å². The van der Waals surface area contributed by atoms with Crippen molar-refractivity contribution in [2.45, 2.75) is 71.9 Å². The summed E-state index contributed by atoms with van der Waals surface area (Å²) < 4.78 is 13.0. The van der Waals surface area contributed by atoms with Gasteiger partial charge in [-0.1, -0.05) is 32.4 Å². The molecule has 1 aliphatic rings. The van der Waals surface area contributed by atoms with Gasteiger partial charge in [0.15, 0.2) is 4.80 Å². The second-order valence-corrected chi connectivity index (χ2v) is 12.4. The number of hydrogen-bond acceptors (Lipinski definition) is 5. The molecule has 0 saturated carbocycles. The van der Waals surface area contributed by atoms with Crippen LogP contribution in [0, 0.1) is 5.92 Å². The highest BCUT2D eigenvalue weighted by Gasteiger charge is 2.28. The average molecular weight is 522 g/mol. The number of hydrogen-bond donors (Lipinski definition) is 0. The number of piperidine rings is 1. The fraction of sp³-hybridized carbons (Fsp3) is 0.577.